The van der Waals surface area contributed by atoms with Crippen LogP contribution in [0.4, 0.5) is 0 Å². The second-order valence-electron chi connectivity index (χ2n) is 8.67. The molecule has 0 heteroatoms. The first-order valence-electron chi connectivity index (χ1n) is 11.7. The van der Waals surface area contributed by atoms with E-state index < -0.39 is 0 Å². The van der Waals surface area contributed by atoms with Gasteiger partial charge in [-0.05, 0) is 85.8 Å². The molecule has 1 aromatic rings. The molecule has 0 aromatic heterocycles. The maximum atomic E-state index is 3.97. The predicted octanol–water partition coefficient (Wildman–Crippen LogP) is 9.29. The highest BCUT2D eigenvalue weighted by molar-refractivity contribution is 5.33. The van der Waals surface area contributed by atoms with Crippen molar-refractivity contribution in [3.63, 3.8) is 0 Å². The standard InChI is InChI=1S/C26H42.C2H6/c1-8-12-23(9-2)18-21(6)13-11-14-25-15-16-26(19-22(25)7)24(10-3)17-20(4)5;1-2/h8-9,15-16,19-21,23-24H,1-2,10-14,17-18H2,3-7H3;1-2H3. The Balaban J connectivity index is 0.00000352. The van der Waals surface area contributed by atoms with Gasteiger partial charge in [-0.3, -0.25) is 0 Å². The van der Waals surface area contributed by atoms with Crippen LogP contribution in [-0.2, 0) is 6.42 Å². The molecule has 28 heavy (non-hydrogen) atoms. The highest BCUT2D eigenvalue weighted by Crippen LogP contribution is 2.29. The first kappa shape index (κ1) is 26.7. The third-order valence-electron chi connectivity index (χ3n) is 5.74. The second-order valence-corrected chi connectivity index (χ2v) is 8.67. The van der Waals surface area contributed by atoms with E-state index in [0.717, 1.165) is 18.3 Å². The van der Waals surface area contributed by atoms with Gasteiger partial charge in [0.25, 0.3) is 0 Å². The molecule has 0 fully saturated rings. The topological polar surface area (TPSA) is 0 Å². The van der Waals surface area contributed by atoms with Crippen molar-refractivity contribution in [3.8, 4) is 0 Å². The first-order valence-corrected chi connectivity index (χ1v) is 11.7. The van der Waals surface area contributed by atoms with Gasteiger partial charge in [0.05, 0.1) is 0 Å². The van der Waals surface area contributed by atoms with E-state index in [1.807, 2.05) is 19.9 Å². The van der Waals surface area contributed by atoms with Crippen LogP contribution >= 0.6 is 0 Å². The molecule has 3 unspecified atom stereocenters. The van der Waals surface area contributed by atoms with Crippen molar-refractivity contribution >= 4 is 0 Å². The van der Waals surface area contributed by atoms with Gasteiger partial charge >= 0.3 is 0 Å². The summed E-state index contributed by atoms with van der Waals surface area (Å²) in [5, 5.41) is 0. The number of aryl methyl sites for hydroxylation is 2. The summed E-state index contributed by atoms with van der Waals surface area (Å²) in [5.74, 6) is 2.83. The molecule has 0 saturated heterocycles. The normalized spacial score (nSPS) is 14.0. The summed E-state index contributed by atoms with van der Waals surface area (Å²) in [6, 6.07) is 7.23. The van der Waals surface area contributed by atoms with Crippen LogP contribution in [0.5, 0.6) is 0 Å². The van der Waals surface area contributed by atoms with Crippen molar-refractivity contribution in [2.24, 2.45) is 17.8 Å². The summed E-state index contributed by atoms with van der Waals surface area (Å²) in [5.41, 5.74) is 4.55. The van der Waals surface area contributed by atoms with E-state index in [1.54, 1.807) is 0 Å². The average Bonchev–Trinajstić information content (AvgIpc) is 2.68. The number of rotatable bonds is 13. The molecule has 0 aliphatic carbocycles. The quantitative estimate of drug-likeness (QED) is 0.297. The van der Waals surface area contributed by atoms with Crippen LogP contribution in [0.2, 0.25) is 0 Å². The predicted molar refractivity (Wildman–Crippen MR) is 130 cm³/mol. The number of hydrogen-bond donors (Lipinski definition) is 0. The maximum absolute atomic E-state index is 3.97. The van der Waals surface area contributed by atoms with E-state index in [9.17, 15) is 0 Å². The van der Waals surface area contributed by atoms with E-state index in [4.69, 9.17) is 0 Å². The fourth-order valence-electron chi connectivity index (χ4n) is 4.14. The highest BCUT2D eigenvalue weighted by Gasteiger charge is 2.13. The largest absolute Gasteiger partial charge is 0.103 e. The van der Waals surface area contributed by atoms with Crippen LogP contribution in [0, 0.1) is 24.7 Å². The third kappa shape index (κ3) is 10.3. The molecule has 0 heterocycles. The Morgan fingerprint density at radius 1 is 1.04 bits per heavy atom. The van der Waals surface area contributed by atoms with Crippen molar-refractivity contribution in [3.05, 3.63) is 60.2 Å². The molecule has 0 bridgehead atoms. The number of hydrogen-bond acceptors (Lipinski definition) is 0. The van der Waals surface area contributed by atoms with Crippen LogP contribution < -0.4 is 0 Å². The van der Waals surface area contributed by atoms with Gasteiger partial charge in [-0.1, -0.05) is 78.3 Å². The fraction of sp³-hybridized carbons (Fsp3) is 0.643. The van der Waals surface area contributed by atoms with E-state index in [2.05, 4.69) is 72.1 Å². The molecule has 0 radical (unpaired) electrons. The summed E-state index contributed by atoms with van der Waals surface area (Å²) >= 11 is 0. The van der Waals surface area contributed by atoms with Gasteiger partial charge in [0.2, 0.25) is 0 Å². The second kappa shape index (κ2) is 15.6. The fourth-order valence-corrected chi connectivity index (χ4v) is 4.14. The maximum Gasteiger partial charge on any atom is -0.0162 e. The summed E-state index contributed by atoms with van der Waals surface area (Å²) in [7, 11) is 0. The van der Waals surface area contributed by atoms with Crippen molar-refractivity contribution in [1.29, 1.82) is 0 Å². The Morgan fingerprint density at radius 3 is 2.21 bits per heavy atom. The first-order chi connectivity index (χ1) is 13.4. The molecule has 0 aliphatic heterocycles. The third-order valence-corrected chi connectivity index (χ3v) is 5.74. The Morgan fingerprint density at radius 2 is 1.71 bits per heavy atom. The van der Waals surface area contributed by atoms with Gasteiger partial charge in [-0.25, -0.2) is 0 Å². The lowest BCUT2D eigenvalue weighted by Gasteiger charge is -2.20. The average molecular weight is 385 g/mol. The zero-order chi connectivity index (χ0) is 21.5. The van der Waals surface area contributed by atoms with E-state index in [-0.39, 0.29) is 0 Å². The summed E-state index contributed by atoms with van der Waals surface area (Å²) in [6.45, 7) is 23.5. The summed E-state index contributed by atoms with van der Waals surface area (Å²) < 4.78 is 0. The van der Waals surface area contributed by atoms with Gasteiger partial charge in [-0.2, -0.15) is 0 Å². The highest BCUT2D eigenvalue weighted by atomic mass is 14.2. The lowest BCUT2D eigenvalue weighted by atomic mass is 9.86. The van der Waals surface area contributed by atoms with Gasteiger partial charge in [-0.15, -0.1) is 13.2 Å². The van der Waals surface area contributed by atoms with Crippen molar-refractivity contribution in [2.75, 3.05) is 0 Å². The Hall–Kier alpha value is -1.30. The molecule has 1 rings (SSSR count). The molecular weight excluding hydrogens is 336 g/mol. The van der Waals surface area contributed by atoms with Gasteiger partial charge in [0, 0.05) is 0 Å². The molecule has 3 atom stereocenters. The van der Waals surface area contributed by atoms with Gasteiger partial charge < -0.3 is 0 Å². The van der Waals surface area contributed by atoms with E-state index in [1.165, 1.54) is 55.2 Å². The molecule has 1 aromatic carbocycles. The van der Waals surface area contributed by atoms with E-state index >= 15 is 0 Å². The number of benzene rings is 1. The van der Waals surface area contributed by atoms with Crippen LogP contribution in [0.25, 0.3) is 0 Å². The number of allylic oxidation sites excluding steroid dienone is 2. The van der Waals surface area contributed by atoms with Crippen molar-refractivity contribution in [2.45, 2.75) is 99.3 Å². The molecule has 0 saturated carbocycles. The van der Waals surface area contributed by atoms with E-state index in [0.29, 0.717) is 11.8 Å². The smallest absolute Gasteiger partial charge is 0.0162 e. The van der Waals surface area contributed by atoms with Crippen molar-refractivity contribution in [1.82, 2.24) is 0 Å². The van der Waals surface area contributed by atoms with Crippen molar-refractivity contribution < 1.29 is 0 Å². The summed E-state index contributed by atoms with van der Waals surface area (Å²) in [6.07, 6.45) is 12.7. The minimum absolute atomic E-state index is 0.593. The monoisotopic (exact) mass is 384 g/mol. The zero-order valence-corrected chi connectivity index (χ0v) is 20.1. The molecule has 0 N–H and O–H groups in total. The zero-order valence-electron chi connectivity index (χ0n) is 20.1. The van der Waals surface area contributed by atoms with Crippen LogP contribution in [0.3, 0.4) is 0 Å². The minimum atomic E-state index is 0.593. The Kier molecular flexibility index (Phi) is 14.9. The lowest BCUT2D eigenvalue weighted by Crippen LogP contribution is -2.05. The molecule has 0 spiro atoms. The van der Waals surface area contributed by atoms with Gasteiger partial charge in [0.15, 0.2) is 0 Å². The Bertz CT molecular complexity index is 537. The SMILES string of the molecule is C=CCC(C=C)CC(C)CCCc1ccc(C(CC)CC(C)C)cc1C.CC. The van der Waals surface area contributed by atoms with Crippen LogP contribution in [0.1, 0.15) is 103 Å². The van der Waals surface area contributed by atoms with Crippen LogP contribution in [0.15, 0.2) is 43.5 Å². The Labute approximate surface area is 177 Å². The van der Waals surface area contributed by atoms with Gasteiger partial charge in [0.1, 0.15) is 0 Å². The molecule has 0 nitrogen and oxygen atoms in total. The molecular formula is C28H48. The van der Waals surface area contributed by atoms with Crippen LogP contribution in [-0.4, -0.2) is 0 Å². The summed E-state index contributed by atoms with van der Waals surface area (Å²) in [4.78, 5) is 0. The minimum Gasteiger partial charge on any atom is -0.103 e. The lowest BCUT2D eigenvalue weighted by molar-refractivity contribution is 0.413. The molecule has 160 valence electrons. The molecule has 0 aliphatic rings. The molecule has 0 amide bonds.